The fourth-order valence-electron chi connectivity index (χ4n) is 1.28. The van der Waals surface area contributed by atoms with Gasteiger partial charge < -0.3 is 21.9 Å². The van der Waals surface area contributed by atoms with Crippen LogP contribution < -0.4 is 16.8 Å². The Morgan fingerprint density at radius 2 is 2.16 bits per heavy atom. The average Bonchev–Trinajstić information content (AvgIpc) is 2.76. The molecule has 104 valence electrons. The van der Waals surface area contributed by atoms with Gasteiger partial charge in [-0.05, 0) is 0 Å². The molecule has 0 fully saturated rings. The zero-order chi connectivity index (χ0) is 14.4. The molecule has 1 rings (SSSR count). The standard InChI is InChI=1S/C9H14N6O4/c10-1-2-15-4-6(13-14-15)8(17)12-5(9(18)19)3-7(11)16/h4-5H,1-3,10H2,(H2,11,16)(H,12,17)(H,18,19)/t5-/m1/s1. The lowest BCUT2D eigenvalue weighted by Crippen LogP contribution is -2.43. The minimum Gasteiger partial charge on any atom is -0.480 e. The van der Waals surface area contributed by atoms with Crippen LogP contribution in [0.3, 0.4) is 0 Å². The Kier molecular flexibility index (Phi) is 4.94. The molecule has 2 amide bonds. The van der Waals surface area contributed by atoms with E-state index in [4.69, 9.17) is 16.6 Å². The SMILES string of the molecule is NCCn1cc(C(=O)N[C@H](CC(N)=O)C(=O)O)nn1. The fourth-order valence-corrected chi connectivity index (χ4v) is 1.28. The van der Waals surface area contributed by atoms with Crippen LogP contribution in [0.15, 0.2) is 6.20 Å². The van der Waals surface area contributed by atoms with Crippen LogP contribution in [0.1, 0.15) is 16.9 Å². The molecule has 0 saturated heterocycles. The molecule has 10 heteroatoms. The van der Waals surface area contributed by atoms with Crippen LogP contribution >= 0.6 is 0 Å². The molecule has 0 bridgehead atoms. The molecule has 0 aromatic carbocycles. The van der Waals surface area contributed by atoms with Gasteiger partial charge in [0.1, 0.15) is 6.04 Å². The van der Waals surface area contributed by atoms with Crippen LogP contribution in [-0.2, 0) is 16.1 Å². The maximum Gasteiger partial charge on any atom is 0.326 e. The van der Waals surface area contributed by atoms with Crippen molar-refractivity contribution in [2.24, 2.45) is 11.5 Å². The van der Waals surface area contributed by atoms with Crippen molar-refractivity contribution >= 4 is 17.8 Å². The molecule has 0 spiro atoms. The van der Waals surface area contributed by atoms with Crippen LogP contribution in [0.4, 0.5) is 0 Å². The number of hydrogen-bond donors (Lipinski definition) is 4. The Hall–Kier alpha value is -2.49. The van der Waals surface area contributed by atoms with Gasteiger partial charge in [0.25, 0.3) is 5.91 Å². The van der Waals surface area contributed by atoms with Crippen LogP contribution in [0.2, 0.25) is 0 Å². The number of aromatic nitrogens is 3. The average molecular weight is 270 g/mol. The highest BCUT2D eigenvalue weighted by Gasteiger charge is 2.23. The minimum absolute atomic E-state index is 0.0656. The second kappa shape index (κ2) is 6.44. The Balaban J connectivity index is 2.70. The topological polar surface area (TPSA) is 166 Å². The van der Waals surface area contributed by atoms with Gasteiger partial charge in [-0.25, -0.2) is 4.79 Å². The number of amides is 2. The molecule has 1 aromatic rings. The minimum atomic E-state index is -1.40. The van der Waals surface area contributed by atoms with Crippen LogP contribution in [-0.4, -0.2) is 50.5 Å². The van der Waals surface area contributed by atoms with E-state index in [1.807, 2.05) is 0 Å². The zero-order valence-electron chi connectivity index (χ0n) is 9.94. The molecule has 10 nitrogen and oxygen atoms in total. The number of nitrogens with one attached hydrogen (secondary N) is 1. The summed E-state index contributed by atoms with van der Waals surface area (Å²) in [5, 5.41) is 18.1. The number of nitrogens with zero attached hydrogens (tertiary/aromatic N) is 3. The van der Waals surface area contributed by atoms with Crippen molar-refractivity contribution in [3.63, 3.8) is 0 Å². The highest BCUT2D eigenvalue weighted by molar-refractivity contribution is 5.95. The third-order valence-electron chi connectivity index (χ3n) is 2.14. The predicted octanol–water partition coefficient (Wildman–Crippen LogP) is -2.70. The summed E-state index contributed by atoms with van der Waals surface area (Å²) >= 11 is 0. The van der Waals surface area contributed by atoms with Gasteiger partial charge in [-0.1, -0.05) is 5.21 Å². The molecule has 0 aliphatic carbocycles. The third-order valence-corrected chi connectivity index (χ3v) is 2.14. The molecule has 0 unspecified atom stereocenters. The van der Waals surface area contributed by atoms with Crippen molar-refractivity contribution in [2.45, 2.75) is 19.0 Å². The summed E-state index contributed by atoms with van der Waals surface area (Å²) in [6.45, 7) is 0.702. The predicted molar refractivity (Wildman–Crippen MR) is 61.8 cm³/mol. The van der Waals surface area contributed by atoms with Crippen molar-refractivity contribution in [2.75, 3.05) is 6.54 Å². The van der Waals surface area contributed by atoms with E-state index in [0.29, 0.717) is 13.1 Å². The molecule has 1 atom stereocenters. The van der Waals surface area contributed by atoms with E-state index < -0.39 is 30.2 Å². The molecule has 0 radical (unpaired) electrons. The third kappa shape index (κ3) is 4.35. The van der Waals surface area contributed by atoms with E-state index in [1.54, 1.807) is 0 Å². The lowest BCUT2D eigenvalue weighted by atomic mass is 10.2. The molecule has 0 saturated carbocycles. The van der Waals surface area contributed by atoms with Gasteiger partial charge in [0.05, 0.1) is 19.2 Å². The molecule has 1 heterocycles. The number of carbonyl (C=O) groups is 3. The Morgan fingerprint density at radius 1 is 1.47 bits per heavy atom. The second-order valence-corrected chi connectivity index (χ2v) is 3.69. The van der Waals surface area contributed by atoms with Gasteiger partial charge in [0.2, 0.25) is 5.91 Å². The van der Waals surface area contributed by atoms with Gasteiger partial charge in [-0.2, -0.15) is 0 Å². The van der Waals surface area contributed by atoms with E-state index in [-0.39, 0.29) is 5.69 Å². The van der Waals surface area contributed by atoms with Crippen molar-refractivity contribution in [1.82, 2.24) is 20.3 Å². The summed E-state index contributed by atoms with van der Waals surface area (Å²) in [4.78, 5) is 33.2. The monoisotopic (exact) mass is 270 g/mol. The summed E-state index contributed by atoms with van der Waals surface area (Å²) in [7, 11) is 0. The van der Waals surface area contributed by atoms with Crippen molar-refractivity contribution in [1.29, 1.82) is 0 Å². The molecule has 0 aliphatic heterocycles. The smallest absolute Gasteiger partial charge is 0.326 e. The number of rotatable bonds is 7. The summed E-state index contributed by atoms with van der Waals surface area (Å²) < 4.78 is 1.35. The van der Waals surface area contributed by atoms with Crippen molar-refractivity contribution < 1.29 is 19.5 Å². The summed E-state index contributed by atoms with van der Waals surface area (Å²) in [6.07, 6.45) is 0.823. The first-order valence-corrected chi connectivity index (χ1v) is 5.36. The van der Waals surface area contributed by atoms with Gasteiger partial charge in [0, 0.05) is 6.54 Å². The maximum absolute atomic E-state index is 11.7. The van der Waals surface area contributed by atoms with Gasteiger partial charge >= 0.3 is 5.97 Å². The molecule has 1 aromatic heterocycles. The quantitative estimate of drug-likeness (QED) is 0.418. The largest absolute Gasteiger partial charge is 0.480 e. The zero-order valence-corrected chi connectivity index (χ0v) is 9.94. The maximum atomic E-state index is 11.7. The number of nitrogens with two attached hydrogens (primary N) is 2. The highest BCUT2D eigenvalue weighted by atomic mass is 16.4. The molecule has 6 N–H and O–H groups in total. The number of hydrogen-bond acceptors (Lipinski definition) is 6. The molecular weight excluding hydrogens is 256 g/mol. The van der Waals surface area contributed by atoms with E-state index >= 15 is 0 Å². The van der Waals surface area contributed by atoms with Gasteiger partial charge in [-0.3, -0.25) is 14.3 Å². The number of primary amides is 1. The molecule has 19 heavy (non-hydrogen) atoms. The fraction of sp³-hybridized carbons (Fsp3) is 0.444. The van der Waals surface area contributed by atoms with E-state index in [0.717, 1.165) is 0 Å². The Morgan fingerprint density at radius 3 is 2.68 bits per heavy atom. The number of carbonyl (C=O) groups excluding carboxylic acids is 2. The normalized spacial score (nSPS) is 11.8. The molecule has 0 aliphatic rings. The lowest BCUT2D eigenvalue weighted by molar-refractivity contribution is -0.140. The lowest BCUT2D eigenvalue weighted by Gasteiger charge is -2.11. The number of carboxylic acids is 1. The summed E-state index contributed by atoms with van der Waals surface area (Å²) in [6, 6.07) is -1.40. The first-order chi connectivity index (χ1) is 8.93. The van der Waals surface area contributed by atoms with E-state index in [1.165, 1.54) is 10.9 Å². The van der Waals surface area contributed by atoms with Crippen molar-refractivity contribution in [3.05, 3.63) is 11.9 Å². The van der Waals surface area contributed by atoms with Crippen LogP contribution in [0, 0.1) is 0 Å². The Labute approximate surface area is 107 Å². The molecular formula is C9H14N6O4. The van der Waals surface area contributed by atoms with Gasteiger partial charge in [-0.15, -0.1) is 5.10 Å². The summed E-state index contributed by atoms with van der Waals surface area (Å²) in [5.74, 6) is -2.95. The summed E-state index contributed by atoms with van der Waals surface area (Å²) in [5.41, 5.74) is 10.1. The van der Waals surface area contributed by atoms with Crippen LogP contribution in [0.25, 0.3) is 0 Å². The first-order valence-electron chi connectivity index (χ1n) is 5.36. The first kappa shape index (κ1) is 14.6. The Bertz CT molecular complexity index is 485. The van der Waals surface area contributed by atoms with E-state index in [9.17, 15) is 14.4 Å². The number of aliphatic carboxylic acids is 1. The highest BCUT2D eigenvalue weighted by Crippen LogP contribution is 1.97. The van der Waals surface area contributed by atoms with E-state index in [2.05, 4.69) is 15.6 Å². The van der Waals surface area contributed by atoms with Crippen molar-refractivity contribution in [3.8, 4) is 0 Å². The van der Waals surface area contributed by atoms with Gasteiger partial charge in [0.15, 0.2) is 5.69 Å². The number of carboxylic acid groups (broad SMARTS) is 1. The van der Waals surface area contributed by atoms with Crippen LogP contribution in [0.5, 0.6) is 0 Å². The second-order valence-electron chi connectivity index (χ2n) is 3.69.